The minimum absolute atomic E-state index is 0.344. The minimum atomic E-state index is -0.377. The molecule has 0 aliphatic rings. The fraction of sp³-hybridized carbons (Fsp3) is 0.267. The van der Waals surface area contributed by atoms with Gasteiger partial charge in [-0.2, -0.15) is 0 Å². The van der Waals surface area contributed by atoms with Crippen molar-refractivity contribution in [3.05, 3.63) is 57.6 Å². The molecule has 1 aromatic heterocycles. The molecule has 20 heavy (non-hydrogen) atoms. The van der Waals surface area contributed by atoms with E-state index >= 15 is 0 Å². The van der Waals surface area contributed by atoms with E-state index in [0.717, 1.165) is 10.0 Å². The van der Waals surface area contributed by atoms with E-state index in [2.05, 4.69) is 25.9 Å². The summed E-state index contributed by atoms with van der Waals surface area (Å²) in [5.41, 5.74) is 2.17. The van der Waals surface area contributed by atoms with Crippen molar-refractivity contribution in [3.8, 4) is 0 Å². The quantitative estimate of drug-likeness (QED) is 0.805. The van der Waals surface area contributed by atoms with Crippen molar-refractivity contribution in [2.24, 2.45) is 0 Å². The summed E-state index contributed by atoms with van der Waals surface area (Å²) in [6, 6.07) is 7.93. The van der Waals surface area contributed by atoms with Crippen molar-refractivity contribution >= 4 is 21.9 Å². The van der Waals surface area contributed by atoms with Gasteiger partial charge in [0, 0.05) is 17.1 Å². The third-order valence-electron chi connectivity index (χ3n) is 2.83. The molecule has 2 aromatic rings. The number of carbonyl (C=O) groups is 1. The fourth-order valence-corrected chi connectivity index (χ4v) is 2.25. The number of hydrogen-bond acceptors (Lipinski definition) is 4. The minimum Gasteiger partial charge on any atom is -0.462 e. The molecule has 0 bridgehead atoms. The van der Waals surface area contributed by atoms with Crippen LogP contribution >= 0.6 is 15.9 Å². The fourth-order valence-electron chi connectivity index (χ4n) is 1.82. The summed E-state index contributed by atoms with van der Waals surface area (Å²) in [6.07, 6.45) is 2.15. The molecule has 2 rings (SSSR count). The largest absolute Gasteiger partial charge is 0.462 e. The third-order valence-corrected chi connectivity index (χ3v) is 3.60. The molecule has 0 amide bonds. The summed E-state index contributed by atoms with van der Waals surface area (Å²) < 4.78 is 5.98. The molecule has 4 nitrogen and oxygen atoms in total. The number of nitrogens with zero attached hydrogens (tertiary/aromatic N) is 2. The van der Waals surface area contributed by atoms with Crippen molar-refractivity contribution in [1.29, 1.82) is 0 Å². The first kappa shape index (κ1) is 14.7. The van der Waals surface area contributed by atoms with E-state index in [9.17, 15) is 4.79 Å². The zero-order valence-corrected chi connectivity index (χ0v) is 13.0. The predicted molar refractivity (Wildman–Crippen MR) is 79.7 cm³/mol. The second-order valence-electron chi connectivity index (χ2n) is 4.27. The number of benzene rings is 1. The van der Waals surface area contributed by atoms with E-state index in [0.29, 0.717) is 30.1 Å². The summed E-state index contributed by atoms with van der Waals surface area (Å²) in [5, 5.41) is 0. The lowest BCUT2D eigenvalue weighted by molar-refractivity contribution is 0.0524. The number of aromatic nitrogens is 2. The molecule has 0 aliphatic heterocycles. The number of aryl methyl sites for hydroxylation is 1. The monoisotopic (exact) mass is 334 g/mol. The molecule has 1 aromatic carbocycles. The van der Waals surface area contributed by atoms with Crippen LogP contribution in [0.25, 0.3) is 0 Å². The second kappa shape index (κ2) is 6.61. The van der Waals surface area contributed by atoms with Gasteiger partial charge in [-0.3, -0.25) is 0 Å². The first-order chi connectivity index (χ1) is 9.61. The zero-order valence-electron chi connectivity index (χ0n) is 11.4. The van der Waals surface area contributed by atoms with Crippen LogP contribution in [0.2, 0.25) is 0 Å². The number of ether oxygens (including phenoxy) is 1. The van der Waals surface area contributed by atoms with E-state index in [4.69, 9.17) is 4.74 Å². The van der Waals surface area contributed by atoms with Gasteiger partial charge in [0.1, 0.15) is 5.82 Å². The number of rotatable bonds is 4. The van der Waals surface area contributed by atoms with Crippen LogP contribution in [0.1, 0.15) is 34.4 Å². The second-order valence-corrected chi connectivity index (χ2v) is 5.13. The van der Waals surface area contributed by atoms with Gasteiger partial charge in [-0.1, -0.05) is 34.1 Å². The highest BCUT2D eigenvalue weighted by atomic mass is 79.9. The molecular formula is C15H15BrN2O2. The standard InChI is InChI=1S/C15H15BrN2O2/c1-3-20-15(19)12-9-17-14(18-10(12)2)8-11-6-4-5-7-13(11)16/h4-7,9H,3,8H2,1-2H3. The van der Waals surface area contributed by atoms with Gasteiger partial charge in [0.15, 0.2) is 0 Å². The Bertz CT molecular complexity index is 629. The molecule has 0 unspecified atom stereocenters. The molecule has 0 saturated carbocycles. The van der Waals surface area contributed by atoms with Gasteiger partial charge in [0.2, 0.25) is 0 Å². The SMILES string of the molecule is CCOC(=O)c1cnc(Cc2ccccc2Br)nc1C. The zero-order chi connectivity index (χ0) is 14.5. The van der Waals surface area contributed by atoms with Crippen LogP contribution in [0.5, 0.6) is 0 Å². The molecule has 0 fully saturated rings. The topological polar surface area (TPSA) is 52.1 Å². The maximum absolute atomic E-state index is 11.7. The van der Waals surface area contributed by atoms with Crippen LogP contribution in [0.15, 0.2) is 34.9 Å². The Morgan fingerprint density at radius 3 is 2.75 bits per heavy atom. The Kier molecular flexibility index (Phi) is 4.84. The first-order valence-corrected chi connectivity index (χ1v) is 7.14. The summed E-state index contributed by atoms with van der Waals surface area (Å²) in [6.45, 7) is 3.91. The van der Waals surface area contributed by atoms with Crippen molar-refractivity contribution in [1.82, 2.24) is 9.97 Å². The van der Waals surface area contributed by atoms with E-state index in [1.54, 1.807) is 13.8 Å². The van der Waals surface area contributed by atoms with E-state index in [-0.39, 0.29) is 5.97 Å². The number of hydrogen-bond donors (Lipinski definition) is 0. The van der Waals surface area contributed by atoms with Crippen molar-refractivity contribution in [3.63, 3.8) is 0 Å². The van der Waals surface area contributed by atoms with Gasteiger partial charge < -0.3 is 4.74 Å². The molecule has 0 N–H and O–H groups in total. The van der Waals surface area contributed by atoms with Crippen molar-refractivity contribution < 1.29 is 9.53 Å². The summed E-state index contributed by atoms with van der Waals surface area (Å²) in [5.74, 6) is 0.305. The molecule has 0 atom stereocenters. The number of esters is 1. The van der Waals surface area contributed by atoms with E-state index < -0.39 is 0 Å². The summed E-state index contributed by atoms with van der Waals surface area (Å²) in [7, 11) is 0. The van der Waals surface area contributed by atoms with Gasteiger partial charge in [0.05, 0.1) is 17.9 Å². The lowest BCUT2D eigenvalue weighted by Crippen LogP contribution is -2.10. The highest BCUT2D eigenvalue weighted by Crippen LogP contribution is 2.18. The molecule has 104 valence electrons. The van der Waals surface area contributed by atoms with Crippen LogP contribution in [0, 0.1) is 6.92 Å². The maximum atomic E-state index is 11.7. The Hall–Kier alpha value is -1.75. The molecule has 1 heterocycles. The van der Waals surface area contributed by atoms with Crippen LogP contribution in [-0.4, -0.2) is 22.5 Å². The van der Waals surface area contributed by atoms with Crippen LogP contribution < -0.4 is 0 Å². The first-order valence-electron chi connectivity index (χ1n) is 6.35. The molecule has 0 spiro atoms. The normalized spacial score (nSPS) is 10.3. The third kappa shape index (κ3) is 3.42. The Labute approximate surface area is 126 Å². The highest BCUT2D eigenvalue weighted by Gasteiger charge is 2.13. The maximum Gasteiger partial charge on any atom is 0.341 e. The van der Waals surface area contributed by atoms with Crippen molar-refractivity contribution in [2.75, 3.05) is 6.61 Å². The lowest BCUT2D eigenvalue weighted by atomic mass is 10.1. The van der Waals surface area contributed by atoms with Gasteiger partial charge in [-0.15, -0.1) is 0 Å². The smallest absolute Gasteiger partial charge is 0.341 e. The van der Waals surface area contributed by atoms with Gasteiger partial charge in [-0.05, 0) is 25.5 Å². The van der Waals surface area contributed by atoms with Gasteiger partial charge in [-0.25, -0.2) is 14.8 Å². The molecule has 0 saturated heterocycles. The van der Waals surface area contributed by atoms with Gasteiger partial charge in [0.25, 0.3) is 0 Å². The van der Waals surface area contributed by atoms with E-state index in [1.807, 2.05) is 24.3 Å². The lowest BCUT2D eigenvalue weighted by Gasteiger charge is -2.07. The van der Waals surface area contributed by atoms with Crippen LogP contribution in [0.4, 0.5) is 0 Å². The highest BCUT2D eigenvalue weighted by molar-refractivity contribution is 9.10. The average molecular weight is 335 g/mol. The van der Waals surface area contributed by atoms with E-state index in [1.165, 1.54) is 6.20 Å². The Balaban J connectivity index is 2.21. The Morgan fingerprint density at radius 1 is 1.35 bits per heavy atom. The summed E-state index contributed by atoms with van der Waals surface area (Å²) >= 11 is 3.50. The van der Waals surface area contributed by atoms with Crippen molar-refractivity contribution in [2.45, 2.75) is 20.3 Å². The summed E-state index contributed by atoms with van der Waals surface area (Å²) in [4.78, 5) is 20.3. The molecule has 0 radical (unpaired) electrons. The van der Waals surface area contributed by atoms with Crippen LogP contribution in [-0.2, 0) is 11.2 Å². The van der Waals surface area contributed by atoms with Gasteiger partial charge >= 0.3 is 5.97 Å². The predicted octanol–water partition coefficient (Wildman–Crippen LogP) is 3.32. The van der Waals surface area contributed by atoms with Crippen LogP contribution in [0.3, 0.4) is 0 Å². The average Bonchev–Trinajstić information content (AvgIpc) is 2.42. The number of carbonyl (C=O) groups excluding carboxylic acids is 1. The molecule has 5 heteroatoms. The molecular weight excluding hydrogens is 320 g/mol. The number of halogens is 1. The molecule has 0 aliphatic carbocycles. The Morgan fingerprint density at radius 2 is 2.10 bits per heavy atom.